The lowest BCUT2D eigenvalue weighted by Gasteiger charge is -2.21. The Labute approximate surface area is 92.0 Å². The molecule has 1 saturated carbocycles. The molecule has 1 unspecified atom stereocenters. The molecule has 1 aromatic rings. The minimum Gasteiger partial charge on any atom is -0.308 e. The minimum absolute atomic E-state index is 0.190. The van der Waals surface area contributed by atoms with Crippen molar-refractivity contribution in [3.63, 3.8) is 0 Å². The van der Waals surface area contributed by atoms with Gasteiger partial charge in [0.2, 0.25) is 0 Å². The molecule has 1 N–H and O–H groups in total. The highest BCUT2D eigenvalue weighted by atomic mass is 32.1. The fraction of sp³-hybridized carbons (Fsp3) is 0.417. The van der Waals surface area contributed by atoms with E-state index in [-0.39, 0.29) is 5.41 Å². The number of carbonyl (C=O) groups is 1. The molecule has 1 fully saturated rings. The van der Waals surface area contributed by atoms with Crippen LogP contribution in [0.1, 0.15) is 16.9 Å². The summed E-state index contributed by atoms with van der Waals surface area (Å²) in [6.07, 6.45) is 4.66. The molecule has 0 bridgehead atoms. The first kappa shape index (κ1) is 8.25. The first-order valence-corrected chi connectivity index (χ1v) is 6.22. The van der Waals surface area contributed by atoms with Crippen LogP contribution in [0.25, 0.3) is 0 Å². The van der Waals surface area contributed by atoms with Gasteiger partial charge in [-0.1, -0.05) is 6.08 Å². The summed E-state index contributed by atoms with van der Waals surface area (Å²) in [6.45, 7) is 0.976. The Balaban J connectivity index is 1.92. The van der Waals surface area contributed by atoms with E-state index in [1.54, 1.807) is 6.08 Å². The van der Waals surface area contributed by atoms with Gasteiger partial charge in [0.15, 0.2) is 5.78 Å². The van der Waals surface area contributed by atoms with Gasteiger partial charge in [-0.05, 0) is 29.0 Å². The van der Waals surface area contributed by atoms with E-state index >= 15 is 0 Å². The molecule has 3 heteroatoms. The molecule has 4 rings (SSSR count). The monoisotopic (exact) mass is 217 g/mol. The fourth-order valence-corrected chi connectivity index (χ4v) is 4.49. The summed E-state index contributed by atoms with van der Waals surface area (Å²) < 4.78 is 0. The number of hydrogen-bond acceptors (Lipinski definition) is 3. The number of rotatable bonds is 0. The molecule has 15 heavy (non-hydrogen) atoms. The third kappa shape index (κ3) is 0.825. The van der Waals surface area contributed by atoms with Gasteiger partial charge in [0.25, 0.3) is 0 Å². The van der Waals surface area contributed by atoms with E-state index in [1.165, 1.54) is 10.4 Å². The van der Waals surface area contributed by atoms with Crippen LogP contribution in [0.15, 0.2) is 23.6 Å². The van der Waals surface area contributed by atoms with Gasteiger partial charge < -0.3 is 5.32 Å². The van der Waals surface area contributed by atoms with Gasteiger partial charge in [0.1, 0.15) is 0 Å². The molecule has 2 heterocycles. The maximum absolute atomic E-state index is 11.4. The number of hydrogen-bond donors (Lipinski definition) is 1. The van der Waals surface area contributed by atoms with Crippen LogP contribution in [0.4, 0.5) is 0 Å². The lowest BCUT2D eigenvalue weighted by Crippen LogP contribution is -2.29. The van der Waals surface area contributed by atoms with Gasteiger partial charge >= 0.3 is 0 Å². The SMILES string of the molecule is O=C1C=C[C@@]23c4sccc4CNC2[C@H]3C1. The van der Waals surface area contributed by atoms with Crippen molar-refractivity contribution in [3.05, 3.63) is 34.0 Å². The standard InChI is InChI=1S/C12H11NOS/c14-8-1-3-12-9(5-8)10(12)13-6-7-2-4-15-11(7)12/h1-4,9-10,13H,5-6H2/t9-,10?,12+/m1/s1. The number of fused-ring (bicyclic) bond motifs is 2. The van der Waals surface area contributed by atoms with Crippen molar-refractivity contribution in [3.8, 4) is 0 Å². The van der Waals surface area contributed by atoms with Crippen molar-refractivity contribution >= 4 is 17.1 Å². The first-order chi connectivity index (χ1) is 7.32. The molecule has 2 nitrogen and oxygen atoms in total. The summed E-state index contributed by atoms with van der Waals surface area (Å²) >= 11 is 1.85. The fourth-order valence-electron chi connectivity index (χ4n) is 3.28. The summed E-state index contributed by atoms with van der Waals surface area (Å²) in [5.74, 6) is 0.815. The Morgan fingerprint density at radius 2 is 2.47 bits per heavy atom. The average molecular weight is 217 g/mol. The second kappa shape index (κ2) is 2.42. The van der Waals surface area contributed by atoms with Crippen LogP contribution in [0, 0.1) is 5.92 Å². The van der Waals surface area contributed by atoms with Crippen molar-refractivity contribution in [2.45, 2.75) is 24.4 Å². The van der Waals surface area contributed by atoms with Crippen LogP contribution in [0.3, 0.4) is 0 Å². The zero-order valence-electron chi connectivity index (χ0n) is 8.19. The smallest absolute Gasteiger partial charge is 0.155 e. The summed E-state index contributed by atoms with van der Waals surface area (Å²) in [4.78, 5) is 12.9. The van der Waals surface area contributed by atoms with Crippen molar-refractivity contribution in [1.29, 1.82) is 0 Å². The third-order valence-electron chi connectivity index (χ3n) is 4.04. The molecule has 0 saturated heterocycles. The molecule has 1 spiro atoms. The normalized spacial score (nSPS) is 40.7. The van der Waals surface area contributed by atoms with Crippen molar-refractivity contribution < 1.29 is 4.79 Å². The second-order valence-electron chi connectivity index (χ2n) is 4.68. The molecular formula is C12H11NOS. The van der Waals surface area contributed by atoms with Crippen molar-refractivity contribution in [1.82, 2.24) is 5.32 Å². The van der Waals surface area contributed by atoms with Crippen LogP contribution < -0.4 is 5.32 Å². The van der Waals surface area contributed by atoms with E-state index in [2.05, 4.69) is 22.8 Å². The molecule has 3 aliphatic rings. The molecule has 0 aromatic carbocycles. The lowest BCUT2D eigenvalue weighted by molar-refractivity contribution is -0.115. The van der Waals surface area contributed by atoms with Gasteiger partial charge in [-0.2, -0.15) is 0 Å². The predicted octanol–water partition coefficient (Wildman–Crippen LogP) is 1.62. The van der Waals surface area contributed by atoms with Gasteiger partial charge in [-0.3, -0.25) is 4.79 Å². The number of thiophene rings is 1. The van der Waals surface area contributed by atoms with Crippen molar-refractivity contribution in [2.75, 3.05) is 0 Å². The van der Waals surface area contributed by atoms with Crippen molar-refractivity contribution in [2.24, 2.45) is 5.92 Å². The quantitative estimate of drug-likeness (QED) is 0.715. The van der Waals surface area contributed by atoms with E-state index in [1.807, 2.05) is 11.3 Å². The molecule has 76 valence electrons. The van der Waals surface area contributed by atoms with Gasteiger partial charge in [-0.15, -0.1) is 11.3 Å². The summed E-state index contributed by atoms with van der Waals surface area (Å²) in [6, 6.07) is 2.73. The van der Waals surface area contributed by atoms with E-state index in [9.17, 15) is 4.79 Å². The summed E-state index contributed by atoms with van der Waals surface area (Å²) in [5.41, 5.74) is 1.62. The lowest BCUT2D eigenvalue weighted by atomic mass is 9.90. The number of carbonyl (C=O) groups excluding carboxylic acids is 1. The highest BCUT2D eigenvalue weighted by Gasteiger charge is 2.67. The van der Waals surface area contributed by atoms with Gasteiger partial charge in [0, 0.05) is 29.3 Å². The van der Waals surface area contributed by atoms with Crippen LogP contribution in [-0.2, 0) is 16.8 Å². The zero-order valence-corrected chi connectivity index (χ0v) is 9.01. The van der Waals surface area contributed by atoms with Crippen LogP contribution in [0.2, 0.25) is 0 Å². The first-order valence-electron chi connectivity index (χ1n) is 5.34. The summed E-state index contributed by atoms with van der Waals surface area (Å²) in [5, 5.41) is 5.72. The Morgan fingerprint density at radius 1 is 1.53 bits per heavy atom. The molecule has 2 aliphatic carbocycles. The molecule has 3 atom stereocenters. The topological polar surface area (TPSA) is 29.1 Å². The second-order valence-corrected chi connectivity index (χ2v) is 5.59. The van der Waals surface area contributed by atoms with Crippen LogP contribution in [0.5, 0.6) is 0 Å². The Kier molecular flexibility index (Phi) is 1.33. The molecule has 0 amide bonds. The maximum Gasteiger partial charge on any atom is 0.155 e. The number of nitrogens with one attached hydrogen (secondary N) is 1. The van der Waals surface area contributed by atoms with E-state index in [4.69, 9.17) is 0 Å². The predicted molar refractivity (Wildman–Crippen MR) is 58.9 cm³/mol. The molecule has 1 aromatic heterocycles. The Morgan fingerprint density at radius 3 is 3.40 bits per heavy atom. The maximum atomic E-state index is 11.4. The number of ketones is 1. The molecule has 0 radical (unpaired) electrons. The Bertz CT molecular complexity index is 490. The average Bonchev–Trinajstić information content (AvgIpc) is 2.68. The van der Waals surface area contributed by atoms with E-state index in [0.717, 1.165) is 13.0 Å². The van der Waals surface area contributed by atoms with E-state index < -0.39 is 0 Å². The largest absolute Gasteiger partial charge is 0.308 e. The number of allylic oxidation sites excluding steroid dienone is 1. The van der Waals surface area contributed by atoms with Crippen LogP contribution in [-0.4, -0.2) is 11.8 Å². The van der Waals surface area contributed by atoms with Gasteiger partial charge in [0.05, 0.1) is 0 Å². The van der Waals surface area contributed by atoms with Crippen LogP contribution >= 0.6 is 11.3 Å². The van der Waals surface area contributed by atoms with Gasteiger partial charge in [-0.25, -0.2) is 0 Å². The Hall–Kier alpha value is -0.930. The highest BCUT2D eigenvalue weighted by Crippen LogP contribution is 2.62. The zero-order chi connectivity index (χ0) is 10.0. The molecular weight excluding hydrogens is 206 g/mol. The summed E-state index contributed by atoms with van der Waals surface area (Å²) in [7, 11) is 0. The minimum atomic E-state index is 0.190. The third-order valence-corrected chi connectivity index (χ3v) is 5.16. The highest BCUT2D eigenvalue weighted by molar-refractivity contribution is 7.10. The van der Waals surface area contributed by atoms with E-state index in [0.29, 0.717) is 17.7 Å². The molecule has 1 aliphatic heterocycles.